The lowest BCUT2D eigenvalue weighted by atomic mass is 9.99. The standard InChI is InChI=1S/C19H22O9/c1-10-16(25-11(2)21)17(26-12(3)22)18(27-13(4)23)19(24-10)28-15-7-5-14(9-20)6-8-15/h5-10,16-19H,1-4H3/t10-,16+,17+,18-,19+/m0/s1. The van der Waals surface area contributed by atoms with Crippen molar-refractivity contribution in [2.75, 3.05) is 0 Å². The fourth-order valence-corrected chi connectivity index (χ4v) is 2.82. The highest BCUT2D eigenvalue weighted by atomic mass is 16.7. The quantitative estimate of drug-likeness (QED) is 0.401. The first-order valence-electron chi connectivity index (χ1n) is 8.60. The zero-order valence-corrected chi connectivity index (χ0v) is 15.9. The molecule has 0 saturated carbocycles. The van der Waals surface area contributed by atoms with Crippen LogP contribution in [0.15, 0.2) is 24.3 Å². The van der Waals surface area contributed by atoms with Crippen molar-refractivity contribution in [2.24, 2.45) is 0 Å². The normalized spacial score (nSPS) is 26.6. The van der Waals surface area contributed by atoms with Crippen LogP contribution in [-0.2, 0) is 33.3 Å². The number of rotatable bonds is 6. The smallest absolute Gasteiger partial charge is 0.303 e. The molecule has 152 valence electrons. The Balaban J connectivity index is 2.33. The van der Waals surface area contributed by atoms with Crippen LogP contribution in [0.3, 0.4) is 0 Å². The van der Waals surface area contributed by atoms with Crippen LogP contribution in [0.1, 0.15) is 38.1 Å². The van der Waals surface area contributed by atoms with Crippen LogP contribution in [0.25, 0.3) is 0 Å². The third kappa shape index (κ3) is 5.53. The van der Waals surface area contributed by atoms with Crippen molar-refractivity contribution in [3.63, 3.8) is 0 Å². The molecule has 0 aliphatic carbocycles. The molecule has 9 heteroatoms. The first-order valence-corrected chi connectivity index (χ1v) is 8.60. The summed E-state index contributed by atoms with van der Waals surface area (Å²) in [6, 6.07) is 6.17. The summed E-state index contributed by atoms with van der Waals surface area (Å²) in [5.74, 6) is -1.58. The second-order valence-electron chi connectivity index (χ2n) is 6.24. The van der Waals surface area contributed by atoms with E-state index in [1.165, 1.54) is 20.8 Å². The third-order valence-electron chi connectivity index (χ3n) is 3.90. The molecule has 0 radical (unpaired) electrons. The topological polar surface area (TPSA) is 114 Å². The Labute approximate surface area is 161 Å². The lowest BCUT2D eigenvalue weighted by molar-refractivity contribution is -0.280. The van der Waals surface area contributed by atoms with E-state index in [-0.39, 0.29) is 0 Å². The van der Waals surface area contributed by atoms with E-state index in [1.54, 1.807) is 31.2 Å². The van der Waals surface area contributed by atoms with Gasteiger partial charge in [0.05, 0.1) is 6.10 Å². The predicted octanol–water partition coefficient (Wildman–Crippen LogP) is 1.42. The van der Waals surface area contributed by atoms with Gasteiger partial charge in [0.25, 0.3) is 0 Å². The number of ether oxygens (including phenoxy) is 5. The minimum absolute atomic E-state index is 0.340. The molecule has 9 nitrogen and oxygen atoms in total. The van der Waals surface area contributed by atoms with E-state index in [1.807, 2.05) is 0 Å². The fourth-order valence-electron chi connectivity index (χ4n) is 2.82. The van der Waals surface area contributed by atoms with Crippen LogP contribution in [0.2, 0.25) is 0 Å². The monoisotopic (exact) mass is 394 g/mol. The summed E-state index contributed by atoms with van der Waals surface area (Å²) in [5.41, 5.74) is 0.453. The van der Waals surface area contributed by atoms with Crippen LogP contribution in [0.5, 0.6) is 5.75 Å². The van der Waals surface area contributed by atoms with Crippen LogP contribution in [0.4, 0.5) is 0 Å². The first kappa shape index (κ1) is 21.4. The number of esters is 3. The van der Waals surface area contributed by atoms with Gasteiger partial charge in [-0.25, -0.2) is 0 Å². The van der Waals surface area contributed by atoms with Gasteiger partial charge in [-0.1, -0.05) is 0 Å². The van der Waals surface area contributed by atoms with Gasteiger partial charge in [0.2, 0.25) is 12.4 Å². The fraction of sp³-hybridized carbons (Fsp3) is 0.474. The number of aldehydes is 1. The summed E-state index contributed by atoms with van der Waals surface area (Å²) in [4.78, 5) is 45.5. The number of carbonyl (C=O) groups excluding carboxylic acids is 4. The zero-order chi connectivity index (χ0) is 20.8. The van der Waals surface area contributed by atoms with E-state index in [2.05, 4.69) is 0 Å². The molecule has 0 spiro atoms. The van der Waals surface area contributed by atoms with Crippen LogP contribution in [-0.4, -0.2) is 54.9 Å². The Bertz CT molecular complexity index is 727. The number of hydrogen-bond donors (Lipinski definition) is 0. The molecule has 1 aromatic carbocycles. The van der Waals surface area contributed by atoms with E-state index >= 15 is 0 Å². The van der Waals surface area contributed by atoms with Gasteiger partial charge in [-0.15, -0.1) is 0 Å². The molecular formula is C19H22O9. The summed E-state index contributed by atoms with van der Waals surface area (Å²) in [6.07, 6.45) is -4.49. The van der Waals surface area contributed by atoms with Crippen LogP contribution < -0.4 is 4.74 Å². The van der Waals surface area contributed by atoms with Gasteiger partial charge < -0.3 is 23.7 Å². The summed E-state index contributed by atoms with van der Waals surface area (Å²) in [6.45, 7) is 5.18. The highest BCUT2D eigenvalue weighted by Gasteiger charge is 2.51. The maximum Gasteiger partial charge on any atom is 0.303 e. The molecule has 1 aliphatic rings. The average molecular weight is 394 g/mol. The molecule has 0 aromatic heterocycles. The average Bonchev–Trinajstić information content (AvgIpc) is 2.61. The van der Waals surface area contributed by atoms with Gasteiger partial charge >= 0.3 is 17.9 Å². The van der Waals surface area contributed by atoms with Crippen LogP contribution >= 0.6 is 0 Å². The Morgan fingerprint density at radius 3 is 1.86 bits per heavy atom. The van der Waals surface area contributed by atoms with E-state index in [4.69, 9.17) is 23.7 Å². The molecule has 1 heterocycles. The molecule has 1 saturated heterocycles. The van der Waals surface area contributed by atoms with E-state index in [0.29, 0.717) is 17.6 Å². The molecular weight excluding hydrogens is 372 g/mol. The van der Waals surface area contributed by atoms with E-state index in [0.717, 1.165) is 0 Å². The Morgan fingerprint density at radius 1 is 0.857 bits per heavy atom. The van der Waals surface area contributed by atoms with Crippen molar-refractivity contribution in [3.8, 4) is 5.75 Å². The highest BCUT2D eigenvalue weighted by Crippen LogP contribution is 2.30. The van der Waals surface area contributed by atoms with Gasteiger partial charge in [0, 0.05) is 26.3 Å². The molecule has 0 bridgehead atoms. The minimum atomic E-state index is -1.19. The van der Waals surface area contributed by atoms with Gasteiger partial charge in [-0.2, -0.15) is 0 Å². The zero-order valence-electron chi connectivity index (χ0n) is 15.9. The van der Waals surface area contributed by atoms with Crippen molar-refractivity contribution in [1.29, 1.82) is 0 Å². The van der Waals surface area contributed by atoms with Gasteiger partial charge in [-0.05, 0) is 31.2 Å². The second-order valence-corrected chi connectivity index (χ2v) is 6.24. The van der Waals surface area contributed by atoms with Gasteiger partial charge in [-0.3, -0.25) is 19.2 Å². The summed E-state index contributed by atoms with van der Waals surface area (Å²) < 4.78 is 27.3. The lowest BCUT2D eigenvalue weighted by Gasteiger charge is -2.43. The molecule has 1 fully saturated rings. The largest absolute Gasteiger partial charge is 0.461 e. The third-order valence-corrected chi connectivity index (χ3v) is 3.90. The van der Waals surface area contributed by atoms with E-state index in [9.17, 15) is 19.2 Å². The molecule has 1 aromatic rings. The number of hydrogen-bond acceptors (Lipinski definition) is 9. The van der Waals surface area contributed by atoms with Crippen LogP contribution in [0, 0.1) is 0 Å². The Hall–Kier alpha value is -2.94. The lowest BCUT2D eigenvalue weighted by Crippen LogP contribution is -2.62. The second kappa shape index (κ2) is 9.32. The number of carbonyl (C=O) groups is 4. The SMILES string of the molecule is CC(=O)O[C@H]1[C@H](OC(C)=O)[C@@H](Oc2ccc(C=O)cc2)O[C@@H](C)[C@H]1OC(C)=O. The number of benzene rings is 1. The Kier molecular flexibility index (Phi) is 7.11. The van der Waals surface area contributed by atoms with Crippen molar-refractivity contribution >= 4 is 24.2 Å². The molecule has 1 aliphatic heterocycles. The molecule has 28 heavy (non-hydrogen) atoms. The molecule has 5 atom stereocenters. The van der Waals surface area contributed by atoms with Crippen molar-refractivity contribution in [3.05, 3.63) is 29.8 Å². The van der Waals surface area contributed by atoms with Gasteiger partial charge in [0.1, 0.15) is 12.0 Å². The summed E-state index contributed by atoms with van der Waals surface area (Å²) in [5, 5.41) is 0. The van der Waals surface area contributed by atoms with Crippen molar-refractivity contribution < 1.29 is 42.9 Å². The first-order chi connectivity index (χ1) is 13.2. The minimum Gasteiger partial charge on any atom is -0.461 e. The molecule has 2 rings (SSSR count). The molecule has 0 N–H and O–H groups in total. The predicted molar refractivity (Wildman–Crippen MR) is 93.5 cm³/mol. The van der Waals surface area contributed by atoms with E-state index < -0.39 is 48.6 Å². The molecule has 0 amide bonds. The molecule has 0 unspecified atom stereocenters. The maximum absolute atomic E-state index is 11.6. The van der Waals surface area contributed by atoms with Crippen molar-refractivity contribution in [2.45, 2.75) is 58.4 Å². The summed E-state index contributed by atoms with van der Waals surface area (Å²) in [7, 11) is 0. The van der Waals surface area contributed by atoms with Crippen molar-refractivity contribution in [1.82, 2.24) is 0 Å². The summed E-state index contributed by atoms with van der Waals surface area (Å²) >= 11 is 0. The van der Waals surface area contributed by atoms with Gasteiger partial charge in [0.15, 0.2) is 12.2 Å². The Morgan fingerprint density at radius 2 is 1.36 bits per heavy atom. The highest BCUT2D eigenvalue weighted by molar-refractivity contribution is 5.74. The maximum atomic E-state index is 11.6.